The summed E-state index contributed by atoms with van der Waals surface area (Å²) in [7, 11) is 1.78. The van der Waals surface area contributed by atoms with Crippen LogP contribution < -0.4 is 4.74 Å². The lowest BCUT2D eigenvalue weighted by atomic mass is 9.91. The van der Waals surface area contributed by atoms with Gasteiger partial charge in [-0.1, -0.05) is 6.07 Å². The molecule has 1 fully saturated rings. The van der Waals surface area contributed by atoms with Gasteiger partial charge in [-0.3, -0.25) is 0 Å². The number of sulfonamides is 1. The van der Waals surface area contributed by atoms with Gasteiger partial charge in [0.2, 0.25) is 10.0 Å². The zero-order valence-electron chi connectivity index (χ0n) is 14.9. The predicted molar refractivity (Wildman–Crippen MR) is 93.7 cm³/mol. The van der Waals surface area contributed by atoms with Crippen molar-refractivity contribution in [2.75, 3.05) is 47.4 Å². The van der Waals surface area contributed by atoms with Gasteiger partial charge in [-0.15, -0.1) is 0 Å². The fourth-order valence-electron chi connectivity index (χ4n) is 3.38. The Bertz CT molecular complexity index is 661. The normalized spacial score (nSPS) is 22.8. The molecular weight excluding hydrogens is 328 g/mol. The summed E-state index contributed by atoms with van der Waals surface area (Å²) in [5.41, 5.74) is 0.947. The molecule has 1 saturated heterocycles. The lowest BCUT2D eigenvalue weighted by Crippen LogP contribution is -2.47. The summed E-state index contributed by atoms with van der Waals surface area (Å²) in [6.07, 6.45) is 0.839. The quantitative estimate of drug-likeness (QED) is 0.829. The molecule has 1 aliphatic rings. The van der Waals surface area contributed by atoms with E-state index < -0.39 is 10.0 Å². The number of piperidine rings is 1. The molecule has 2 atom stereocenters. The largest absolute Gasteiger partial charge is 0.495 e. The first kappa shape index (κ1) is 19.2. The van der Waals surface area contributed by atoms with E-state index in [4.69, 9.17) is 4.74 Å². The topological polar surface area (TPSA) is 70.1 Å². The number of aliphatic hydroxyl groups excluding tert-OH is 1. The lowest BCUT2D eigenvalue weighted by Gasteiger charge is -2.37. The van der Waals surface area contributed by atoms with Crippen molar-refractivity contribution in [1.82, 2.24) is 9.21 Å². The Hall–Kier alpha value is -1.15. The molecule has 2 rings (SSSR count). The zero-order valence-corrected chi connectivity index (χ0v) is 15.7. The number of ether oxygens (including phenoxy) is 1. The van der Waals surface area contributed by atoms with Gasteiger partial charge in [0.25, 0.3) is 0 Å². The summed E-state index contributed by atoms with van der Waals surface area (Å²) >= 11 is 0. The number of methoxy groups -OCH3 is 1. The Morgan fingerprint density at radius 2 is 1.96 bits per heavy atom. The van der Waals surface area contributed by atoms with E-state index in [1.54, 1.807) is 18.2 Å². The average Bonchev–Trinajstić information content (AvgIpc) is 2.53. The van der Waals surface area contributed by atoms with Crippen LogP contribution in [0.15, 0.2) is 23.1 Å². The highest BCUT2D eigenvalue weighted by Gasteiger charge is 2.36. The van der Waals surface area contributed by atoms with Crippen LogP contribution in [0.5, 0.6) is 5.75 Å². The summed E-state index contributed by atoms with van der Waals surface area (Å²) in [5.74, 6) is 0.539. The second-order valence-electron chi connectivity index (χ2n) is 6.89. The van der Waals surface area contributed by atoms with Crippen molar-refractivity contribution in [2.24, 2.45) is 11.8 Å². The van der Waals surface area contributed by atoms with Gasteiger partial charge in [-0.25, -0.2) is 8.42 Å². The maximum atomic E-state index is 13.1. The number of aryl methyl sites for hydroxylation is 1. The Morgan fingerprint density at radius 1 is 1.29 bits per heavy atom. The molecule has 0 radical (unpaired) electrons. The predicted octanol–water partition coefficient (Wildman–Crippen LogP) is 1.18. The van der Waals surface area contributed by atoms with Gasteiger partial charge < -0.3 is 14.7 Å². The number of hydrogen-bond donors (Lipinski definition) is 1. The molecular formula is C17H28N2O4S. The molecule has 6 nitrogen and oxygen atoms in total. The summed E-state index contributed by atoms with van der Waals surface area (Å²) < 4.78 is 33.0. The first-order valence-electron chi connectivity index (χ1n) is 8.18. The van der Waals surface area contributed by atoms with Crippen molar-refractivity contribution < 1.29 is 18.3 Å². The van der Waals surface area contributed by atoms with E-state index in [1.165, 1.54) is 11.4 Å². The maximum Gasteiger partial charge on any atom is 0.246 e. The third kappa shape index (κ3) is 4.27. The lowest BCUT2D eigenvalue weighted by molar-refractivity contribution is 0.117. The maximum absolute atomic E-state index is 13.1. The monoisotopic (exact) mass is 356 g/mol. The van der Waals surface area contributed by atoms with E-state index in [9.17, 15) is 13.5 Å². The summed E-state index contributed by atoms with van der Waals surface area (Å²) in [6.45, 7) is 3.51. The number of nitrogens with zero attached hydrogens (tertiary/aromatic N) is 2. The van der Waals surface area contributed by atoms with E-state index in [-0.39, 0.29) is 23.3 Å². The van der Waals surface area contributed by atoms with Crippen molar-refractivity contribution in [3.05, 3.63) is 23.8 Å². The molecule has 1 aromatic carbocycles. The van der Waals surface area contributed by atoms with Crippen LogP contribution in [0.3, 0.4) is 0 Å². The van der Waals surface area contributed by atoms with Crippen molar-refractivity contribution in [2.45, 2.75) is 18.2 Å². The second kappa shape index (κ2) is 7.82. The second-order valence-corrected chi connectivity index (χ2v) is 8.80. The third-order valence-electron chi connectivity index (χ3n) is 4.41. The van der Waals surface area contributed by atoms with Gasteiger partial charge in [-0.05, 0) is 57.0 Å². The minimum atomic E-state index is -3.65. The Kier molecular flexibility index (Phi) is 6.25. The van der Waals surface area contributed by atoms with E-state index in [2.05, 4.69) is 4.90 Å². The molecule has 1 N–H and O–H groups in total. The van der Waals surface area contributed by atoms with E-state index in [0.717, 1.165) is 18.5 Å². The van der Waals surface area contributed by atoms with Crippen molar-refractivity contribution in [3.63, 3.8) is 0 Å². The molecule has 0 saturated carbocycles. The molecule has 1 aliphatic heterocycles. The molecule has 2 unspecified atom stereocenters. The standard InChI is InChI=1S/C17H28N2O4S/c1-13-5-6-17(16(7-13)23-4)24(21,22)19-10-14(9-18(2)3)8-15(11-19)12-20/h5-7,14-15,20H,8-12H2,1-4H3. The van der Waals surface area contributed by atoms with Crippen molar-refractivity contribution in [3.8, 4) is 5.75 Å². The van der Waals surface area contributed by atoms with Gasteiger partial charge in [0.05, 0.1) is 7.11 Å². The van der Waals surface area contributed by atoms with Gasteiger partial charge in [0, 0.05) is 26.2 Å². The number of benzene rings is 1. The Balaban J connectivity index is 2.33. The SMILES string of the molecule is COc1cc(C)ccc1S(=O)(=O)N1CC(CO)CC(CN(C)C)C1. The van der Waals surface area contributed by atoms with Gasteiger partial charge in [0.15, 0.2) is 0 Å². The van der Waals surface area contributed by atoms with Crippen LogP contribution in [0.2, 0.25) is 0 Å². The number of aliphatic hydroxyl groups is 1. The van der Waals surface area contributed by atoms with Crippen molar-refractivity contribution >= 4 is 10.0 Å². The van der Waals surface area contributed by atoms with Crippen LogP contribution in [-0.4, -0.2) is 70.2 Å². The van der Waals surface area contributed by atoms with Crippen molar-refractivity contribution in [1.29, 1.82) is 0 Å². The summed E-state index contributed by atoms with van der Waals surface area (Å²) in [6, 6.07) is 5.12. The fourth-order valence-corrected chi connectivity index (χ4v) is 5.10. The van der Waals surface area contributed by atoms with Crippen LogP contribution in [-0.2, 0) is 10.0 Å². The molecule has 1 heterocycles. The van der Waals surface area contributed by atoms with E-state index >= 15 is 0 Å². The zero-order chi connectivity index (χ0) is 17.9. The van der Waals surface area contributed by atoms with E-state index in [1.807, 2.05) is 21.0 Å². The molecule has 0 aromatic heterocycles. The first-order valence-corrected chi connectivity index (χ1v) is 9.62. The van der Waals surface area contributed by atoms with Crippen LogP contribution in [0, 0.1) is 18.8 Å². The number of rotatable bonds is 6. The smallest absolute Gasteiger partial charge is 0.246 e. The third-order valence-corrected chi connectivity index (χ3v) is 6.28. The summed E-state index contributed by atoms with van der Waals surface area (Å²) in [5, 5.41) is 9.57. The Labute approximate surface area is 145 Å². The first-order chi connectivity index (χ1) is 11.3. The highest BCUT2D eigenvalue weighted by Crippen LogP contribution is 2.32. The molecule has 7 heteroatoms. The molecule has 0 bridgehead atoms. The van der Waals surface area contributed by atoms with Crippen LogP contribution in [0.25, 0.3) is 0 Å². The molecule has 0 spiro atoms. The van der Waals surface area contributed by atoms with E-state index in [0.29, 0.717) is 18.8 Å². The van der Waals surface area contributed by atoms with Gasteiger partial charge >= 0.3 is 0 Å². The average molecular weight is 356 g/mol. The highest BCUT2D eigenvalue weighted by molar-refractivity contribution is 7.89. The van der Waals surface area contributed by atoms with Gasteiger partial charge in [-0.2, -0.15) is 4.31 Å². The Morgan fingerprint density at radius 3 is 2.54 bits per heavy atom. The fraction of sp³-hybridized carbons (Fsp3) is 0.647. The molecule has 24 heavy (non-hydrogen) atoms. The van der Waals surface area contributed by atoms with Crippen LogP contribution >= 0.6 is 0 Å². The molecule has 136 valence electrons. The van der Waals surface area contributed by atoms with Crippen LogP contribution in [0.1, 0.15) is 12.0 Å². The van der Waals surface area contributed by atoms with Crippen LogP contribution in [0.4, 0.5) is 0 Å². The minimum Gasteiger partial charge on any atom is -0.495 e. The molecule has 0 amide bonds. The minimum absolute atomic E-state index is 0.000974. The highest BCUT2D eigenvalue weighted by atomic mass is 32.2. The molecule has 1 aromatic rings. The number of hydrogen-bond acceptors (Lipinski definition) is 5. The van der Waals surface area contributed by atoms with Gasteiger partial charge in [0.1, 0.15) is 10.6 Å². The molecule has 0 aliphatic carbocycles. The summed E-state index contributed by atoms with van der Waals surface area (Å²) in [4.78, 5) is 2.25.